The summed E-state index contributed by atoms with van der Waals surface area (Å²) in [6, 6.07) is 31.7. The third-order valence-corrected chi connectivity index (χ3v) is 20.8. The van der Waals surface area contributed by atoms with Crippen LogP contribution in [0.3, 0.4) is 0 Å². The lowest BCUT2D eigenvalue weighted by Gasteiger charge is -2.26. The van der Waals surface area contributed by atoms with Gasteiger partial charge in [-0.05, 0) is 173 Å². The lowest BCUT2D eigenvalue weighted by molar-refractivity contribution is 0.234. The van der Waals surface area contributed by atoms with Crippen LogP contribution in [0.15, 0.2) is 146 Å². The number of hydrogen-bond acceptors (Lipinski definition) is 12. The van der Waals surface area contributed by atoms with Gasteiger partial charge in [0.2, 0.25) is 30.1 Å². The van der Waals surface area contributed by atoms with E-state index < -0.39 is 50.1 Å². The van der Waals surface area contributed by atoms with Crippen molar-refractivity contribution in [1.82, 2.24) is 27.7 Å². The van der Waals surface area contributed by atoms with Gasteiger partial charge in [-0.15, -0.1) is 0 Å². The van der Waals surface area contributed by atoms with E-state index in [0.29, 0.717) is 75.1 Å². The molecule has 0 aliphatic carbocycles. The molecule has 5 rings (SSSR count). The van der Waals surface area contributed by atoms with E-state index in [4.69, 9.17) is 0 Å². The second-order valence-corrected chi connectivity index (χ2v) is 27.3. The molecule has 394 valence electrons. The summed E-state index contributed by atoms with van der Waals surface area (Å²) in [5.41, 5.74) is 4.42. The Kier molecular flexibility index (Phi) is 21.7. The standard InChI is InChI=1S/C51H70N6O10S5/c1-42-12-22-47(23-13-42)68(58,59)52-32-8-37-55(38-9-33-53-69(60,61)48-24-14-43(2)15-25-48)35-6-7-36-56(39-10-34-54-70(62,63)49-26-16-44(3)17-27-49)40-11-41-57(71(64,65)50-28-18-45(4)19-29-50)72(66,67)51-30-20-46(5)21-31-51/h12-31,52-54H,6-11,32-41H2,1-5H3. The van der Waals surface area contributed by atoms with Gasteiger partial charge in [0.05, 0.1) is 24.5 Å². The molecule has 16 nitrogen and oxygen atoms in total. The molecule has 0 atom stereocenters. The lowest BCUT2D eigenvalue weighted by Crippen LogP contribution is -2.39. The normalized spacial score (nSPS) is 12.8. The molecule has 72 heavy (non-hydrogen) atoms. The zero-order chi connectivity index (χ0) is 52.6. The number of nitrogens with one attached hydrogen (secondary N) is 3. The molecular formula is C51H70N6O10S5. The average molecular weight is 1090 g/mol. The van der Waals surface area contributed by atoms with E-state index in [-0.39, 0.29) is 57.1 Å². The van der Waals surface area contributed by atoms with Gasteiger partial charge in [0, 0.05) is 26.2 Å². The lowest BCUT2D eigenvalue weighted by atomic mass is 10.2. The van der Waals surface area contributed by atoms with Crippen molar-refractivity contribution in [3.05, 3.63) is 149 Å². The number of hydrogen-bond donors (Lipinski definition) is 3. The predicted molar refractivity (Wildman–Crippen MR) is 283 cm³/mol. The van der Waals surface area contributed by atoms with Crippen molar-refractivity contribution in [3.63, 3.8) is 0 Å². The highest BCUT2D eigenvalue weighted by Crippen LogP contribution is 2.26. The fraction of sp³-hybridized carbons (Fsp3) is 0.412. The number of nitrogens with zero attached hydrogens (tertiary/aromatic N) is 3. The summed E-state index contributed by atoms with van der Waals surface area (Å²) in [7, 11) is -20.3. The zero-order valence-corrected chi connectivity index (χ0v) is 45.9. The summed E-state index contributed by atoms with van der Waals surface area (Å²) in [6.07, 6.45) is 2.83. The summed E-state index contributed by atoms with van der Waals surface area (Å²) in [5, 5.41) is 0. The fourth-order valence-electron chi connectivity index (χ4n) is 7.72. The molecule has 0 bridgehead atoms. The van der Waals surface area contributed by atoms with Gasteiger partial charge in [0.25, 0.3) is 20.0 Å². The van der Waals surface area contributed by atoms with Crippen LogP contribution in [0, 0.1) is 34.6 Å². The van der Waals surface area contributed by atoms with Crippen LogP contribution in [-0.2, 0) is 50.1 Å². The second-order valence-electron chi connectivity index (χ2n) is 18.1. The first kappa shape index (κ1) is 58.5. The average Bonchev–Trinajstić information content (AvgIpc) is 3.33. The number of aryl methyl sites for hydroxylation is 5. The highest BCUT2D eigenvalue weighted by atomic mass is 32.3. The Morgan fingerprint density at radius 1 is 0.292 bits per heavy atom. The molecule has 0 aliphatic heterocycles. The minimum Gasteiger partial charge on any atom is -0.303 e. The molecule has 0 saturated heterocycles. The second kappa shape index (κ2) is 26.7. The molecule has 0 spiro atoms. The van der Waals surface area contributed by atoms with Gasteiger partial charge >= 0.3 is 0 Å². The molecule has 0 saturated carbocycles. The van der Waals surface area contributed by atoms with Gasteiger partial charge in [-0.2, -0.15) is 0 Å². The summed E-state index contributed by atoms with van der Waals surface area (Å²) in [5.74, 6) is 0. The van der Waals surface area contributed by atoms with Crippen LogP contribution in [0.25, 0.3) is 0 Å². The molecule has 0 unspecified atom stereocenters. The molecule has 0 aromatic heterocycles. The quantitative estimate of drug-likeness (QED) is 0.0406. The van der Waals surface area contributed by atoms with Gasteiger partial charge in [0.1, 0.15) is 0 Å². The van der Waals surface area contributed by atoms with Gasteiger partial charge in [-0.3, -0.25) is 0 Å². The van der Waals surface area contributed by atoms with Gasteiger partial charge in [-0.1, -0.05) is 92.2 Å². The van der Waals surface area contributed by atoms with Crippen LogP contribution < -0.4 is 14.2 Å². The molecular weight excluding hydrogens is 1020 g/mol. The summed E-state index contributed by atoms with van der Waals surface area (Å²) < 4.78 is 143. The van der Waals surface area contributed by atoms with Crippen molar-refractivity contribution in [1.29, 1.82) is 0 Å². The Hall–Kier alpha value is -4.39. The smallest absolute Gasteiger partial charge is 0.256 e. The van der Waals surface area contributed by atoms with E-state index in [1.165, 1.54) is 24.3 Å². The van der Waals surface area contributed by atoms with Crippen LogP contribution in [0.2, 0.25) is 0 Å². The Morgan fingerprint density at radius 2 is 0.514 bits per heavy atom. The highest BCUT2D eigenvalue weighted by Gasteiger charge is 2.36. The summed E-state index contributed by atoms with van der Waals surface area (Å²) in [4.78, 5) is 4.41. The third kappa shape index (κ3) is 17.6. The van der Waals surface area contributed by atoms with Gasteiger partial charge < -0.3 is 9.80 Å². The van der Waals surface area contributed by atoms with E-state index in [0.717, 1.165) is 27.8 Å². The van der Waals surface area contributed by atoms with E-state index in [2.05, 4.69) is 24.0 Å². The van der Waals surface area contributed by atoms with Crippen LogP contribution >= 0.6 is 0 Å². The Morgan fingerprint density at radius 3 is 0.778 bits per heavy atom. The van der Waals surface area contributed by atoms with Crippen LogP contribution in [0.1, 0.15) is 66.3 Å². The SMILES string of the molecule is Cc1ccc(S(=O)(=O)NCCCN(CCCCN(CCCNS(=O)(=O)c2ccc(C)cc2)CCCN(S(=O)(=O)c2ccc(C)cc2)S(=O)(=O)c2ccc(C)cc2)CCCNS(=O)(=O)c2ccc(C)cc2)cc1. The Labute approximate surface area is 429 Å². The maximum absolute atomic E-state index is 14.2. The third-order valence-electron chi connectivity index (χ3n) is 12.0. The van der Waals surface area contributed by atoms with Gasteiger partial charge in [0.15, 0.2) is 0 Å². The molecule has 0 radical (unpaired) electrons. The van der Waals surface area contributed by atoms with Crippen molar-refractivity contribution in [2.24, 2.45) is 0 Å². The Balaban J connectivity index is 1.27. The summed E-state index contributed by atoms with van der Waals surface area (Å²) in [6.45, 7) is 12.2. The topological polar surface area (TPSA) is 217 Å². The van der Waals surface area contributed by atoms with Crippen LogP contribution in [-0.4, -0.2) is 121 Å². The molecule has 0 amide bonds. The minimum atomic E-state index is -4.53. The molecule has 3 N–H and O–H groups in total. The molecule has 5 aromatic carbocycles. The number of benzene rings is 5. The van der Waals surface area contributed by atoms with Crippen LogP contribution in [0.4, 0.5) is 0 Å². The number of rotatable bonds is 31. The van der Waals surface area contributed by atoms with Gasteiger partial charge in [-0.25, -0.2) is 56.3 Å². The summed E-state index contributed by atoms with van der Waals surface area (Å²) >= 11 is 0. The van der Waals surface area contributed by atoms with E-state index >= 15 is 0 Å². The van der Waals surface area contributed by atoms with E-state index in [1.807, 2.05) is 20.8 Å². The first-order valence-electron chi connectivity index (χ1n) is 24.0. The molecule has 0 heterocycles. The number of unbranched alkanes of at least 4 members (excludes halogenated alkanes) is 1. The van der Waals surface area contributed by atoms with Crippen molar-refractivity contribution >= 4 is 50.1 Å². The first-order chi connectivity index (χ1) is 34.0. The monoisotopic (exact) mass is 1090 g/mol. The van der Waals surface area contributed by atoms with Crippen LogP contribution in [0.5, 0.6) is 0 Å². The molecule has 0 aliphatic rings. The van der Waals surface area contributed by atoms with Crippen molar-refractivity contribution in [2.45, 2.75) is 97.6 Å². The maximum atomic E-state index is 14.2. The minimum absolute atomic E-state index is 0.123. The van der Waals surface area contributed by atoms with E-state index in [1.54, 1.807) is 111 Å². The van der Waals surface area contributed by atoms with E-state index in [9.17, 15) is 42.1 Å². The maximum Gasteiger partial charge on any atom is 0.256 e. The number of sulfonamides is 5. The molecule has 5 aromatic rings. The van der Waals surface area contributed by atoms with Crippen molar-refractivity contribution in [2.75, 3.05) is 65.4 Å². The molecule has 0 fully saturated rings. The highest BCUT2D eigenvalue weighted by molar-refractivity contribution is 8.04. The van der Waals surface area contributed by atoms with Crippen molar-refractivity contribution in [3.8, 4) is 0 Å². The zero-order valence-electron chi connectivity index (χ0n) is 41.8. The first-order valence-corrected chi connectivity index (χ1v) is 31.4. The largest absolute Gasteiger partial charge is 0.303 e. The fourth-order valence-corrected chi connectivity index (χ4v) is 14.7. The molecule has 21 heteroatoms. The Bertz CT molecular complexity index is 2910. The predicted octanol–water partition coefficient (Wildman–Crippen LogP) is 6.49. The van der Waals surface area contributed by atoms with Crippen molar-refractivity contribution < 1.29 is 42.1 Å².